The predicted molar refractivity (Wildman–Crippen MR) is 110 cm³/mol. The van der Waals surface area contributed by atoms with Gasteiger partial charge in [0.25, 0.3) is 0 Å². The van der Waals surface area contributed by atoms with Gasteiger partial charge in [-0.2, -0.15) is 0 Å². The topological polar surface area (TPSA) is 54.8 Å². The van der Waals surface area contributed by atoms with Crippen LogP contribution in [0.3, 0.4) is 0 Å². The molecule has 3 aromatic rings. The summed E-state index contributed by atoms with van der Waals surface area (Å²) in [4.78, 5) is 6.90. The molecule has 0 bridgehead atoms. The number of aromatic nitrogens is 1. The first-order chi connectivity index (χ1) is 13.2. The summed E-state index contributed by atoms with van der Waals surface area (Å²) in [7, 11) is 1.64. The normalized spacial score (nSPS) is 10.6. The largest absolute Gasteiger partial charge is 0.493 e. The van der Waals surface area contributed by atoms with Crippen molar-refractivity contribution in [1.82, 2.24) is 4.98 Å². The second-order valence-electron chi connectivity index (χ2n) is 5.92. The van der Waals surface area contributed by atoms with Crippen molar-refractivity contribution >= 4 is 17.0 Å². The summed E-state index contributed by atoms with van der Waals surface area (Å²) in [5.74, 6) is 1.44. The van der Waals surface area contributed by atoms with Crippen LogP contribution < -0.4 is 14.4 Å². The van der Waals surface area contributed by atoms with Crippen LogP contribution in [0.25, 0.3) is 10.6 Å². The molecule has 0 aliphatic heterocycles. The van der Waals surface area contributed by atoms with Crippen molar-refractivity contribution in [2.75, 3.05) is 31.8 Å². The predicted octanol–water partition coefficient (Wildman–Crippen LogP) is 4.22. The van der Waals surface area contributed by atoms with Crippen LogP contribution in [0.5, 0.6) is 11.5 Å². The summed E-state index contributed by atoms with van der Waals surface area (Å²) in [6.45, 7) is 3.85. The molecule has 0 fully saturated rings. The number of ether oxygens (including phenoxy) is 2. The number of aliphatic hydroxyl groups is 1. The summed E-state index contributed by atoms with van der Waals surface area (Å²) >= 11 is 1.60. The molecule has 3 rings (SSSR count). The summed E-state index contributed by atoms with van der Waals surface area (Å²) < 4.78 is 11.0. The highest BCUT2D eigenvalue weighted by molar-refractivity contribution is 7.13. The lowest BCUT2D eigenvalue weighted by Crippen LogP contribution is -2.26. The molecule has 0 unspecified atom stereocenters. The second kappa shape index (κ2) is 9.39. The Morgan fingerprint density at radius 1 is 1.11 bits per heavy atom. The van der Waals surface area contributed by atoms with Crippen LogP contribution in [0.4, 0.5) is 5.69 Å². The average molecular weight is 385 g/mol. The number of aliphatic hydroxyl groups excluding tert-OH is 1. The van der Waals surface area contributed by atoms with Crippen LogP contribution >= 0.6 is 11.3 Å². The van der Waals surface area contributed by atoms with Gasteiger partial charge in [0, 0.05) is 23.2 Å². The lowest BCUT2D eigenvalue weighted by molar-refractivity contribution is 0.301. The van der Waals surface area contributed by atoms with Crippen LogP contribution in [0.1, 0.15) is 12.6 Å². The molecule has 1 N–H and O–H groups in total. The van der Waals surface area contributed by atoms with Crippen LogP contribution in [0, 0.1) is 0 Å². The summed E-state index contributed by atoms with van der Waals surface area (Å²) in [5, 5.41) is 12.4. The maximum absolute atomic E-state index is 9.40. The van der Waals surface area contributed by atoms with Crippen molar-refractivity contribution in [3.8, 4) is 22.1 Å². The molecule has 0 spiro atoms. The van der Waals surface area contributed by atoms with Gasteiger partial charge in [-0.3, -0.25) is 0 Å². The van der Waals surface area contributed by atoms with E-state index in [0.717, 1.165) is 27.7 Å². The van der Waals surface area contributed by atoms with Crippen molar-refractivity contribution in [1.29, 1.82) is 0 Å². The minimum absolute atomic E-state index is 0.0992. The molecule has 5 nitrogen and oxygen atoms in total. The Kier molecular flexibility index (Phi) is 6.68. The highest BCUT2D eigenvalue weighted by atomic mass is 32.1. The lowest BCUT2D eigenvalue weighted by atomic mass is 10.2. The fourth-order valence-electron chi connectivity index (χ4n) is 2.84. The number of anilines is 1. The minimum atomic E-state index is 0.0992. The average Bonchev–Trinajstić information content (AvgIpc) is 3.17. The quantitative estimate of drug-likeness (QED) is 0.599. The van der Waals surface area contributed by atoms with E-state index in [2.05, 4.69) is 10.3 Å². The summed E-state index contributed by atoms with van der Waals surface area (Å²) in [6, 6.07) is 15.9. The van der Waals surface area contributed by atoms with Crippen molar-refractivity contribution in [2.45, 2.75) is 13.5 Å². The molecular weight excluding hydrogens is 360 g/mol. The highest BCUT2D eigenvalue weighted by Crippen LogP contribution is 2.34. The zero-order chi connectivity index (χ0) is 19.1. The van der Waals surface area contributed by atoms with Gasteiger partial charge in [0.2, 0.25) is 0 Å². The third-order valence-corrected chi connectivity index (χ3v) is 5.05. The number of nitrogens with zero attached hydrogens (tertiary/aromatic N) is 2. The molecule has 0 aliphatic rings. The molecule has 0 radical (unpaired) electrons. The molecule has 2 aromatic carbocycles. The number of para-hydroxylation sites is 1. The van der Waals surface area contributed by atoms with Crippen LogP contribution in [-0.2, 0) is 6.54 Å². The molecular formula is C21H24N2O3S. The maximum Gasteiger partial charge on any atom is 0.161 e. The zero-order valence-electron chi connectivity index (χ0n) is 15.6. The first kappa shape index (κ1) is 19.2. The van der Waals surface area contributed by atoms with Crippen molar-refractivity contribution < 1.29 is 14.6 Å². The van der Waals surface area contributed by atoms with Crippen molar-refractivity contribution in [3.05, 3.63) is 59.6 Å². The summed E-state index contributed by atoms with van der Waals surface area (Å²) in [6.07, 6.45) is 0. The van der Waals surface area contributed by atoms with Gasteiger partial charge < -0.3 is 19.5 Å². The number of thiazole rings is 1. The van der Waals surface area contributed by atoms with E-state index in [1.54, 1.807) is 18.4 Å². The third kappa shape index (κ3) is 4.78. The van der Waals surface area contributed by atoms with E-state index < -0.39 is 0 Å². The Morgan fingerprint density at radius 2 is 1.93 bits per heavy atom. The van der Waals surface area contributed by atoms with E-state index in [0.29, 0.717) is 25.4 Å². The van der Waals surface area contributed by atoms with E-state index in [-0.39, 0.29) is 6.61 Å². The smallest absolute Gasteiger partial charge is 0.161 e. The third-order valence-electron chi connectivity index (χ3n) is 4.11. The SMILES string of the molecule is CCOc1ccc(-c2nc(CN(CCO)c3ccccc3)cs2)cc1OC. The van der Waals surface area contributed by atoms with Gasteiger partial charge >= 0.3 is 0 Å². The molecule has 0 amide bonds. The van der Waals surface area contributed by atoms with E-state index in [1.165, 1.54) is 0 Å². The standard InChI is InChI=1S/C21H24N2O3S/c1-3-26-19-10-9-16(13-20(19)25-2)21-22-17(15-27-21)14-23(11-12-24)18-7-5-4-6-8-18/h4-10,13,15,24H,3,11-12,14H2,1-2H3. The summed E-state index contributed by atoms with van der Waals surface area (Å²) in [5.41, 5.74) is 3.05. The second-order valence-corrected chi connectivity index (χ2v) is 6.78. The molecule has 27 heavy (non-hydrogen) atoms. The molecule has 0 saturated heterocycles. The Balaban J connectivity index is 1.79. The first-order valence-corrected chi connectivity index (χ1v) is 9.79. The maximum atomic E-state index is 9.40. The Bertz CT molecular complexity index is 852. The van der Waals surface area contributed by atoms with Gasteiger partial charge in [-0.05, 0) is 37.3 Å². The molecule has 0 atom stereocenters. The first-order valence-electron chi connectivity index (χ1n) is 8.91. The Labute approximate surface area is 163 Å². The lowest BCUT2D eigenvalue weighted by Gasteiger charge is -2.22. The zero-order valence-corrected chi connectivity index (χ0v) is 16.4. The van der Waals surface area contributed by atoms with E-state index in [1.807, 2.05) is 55.5 Å². The minimum Gasteiger partial charge on any atom is -0.493 e. The van der Waals surface area contributed by atoms with E-state index in [4.69, 9.17) is 14.5 Å². The van der Waals surface area contributed by atoms with Gasteiger partial charge in [0.1, 0.15) is 5.01 Å². The number of benzene rings is 2. The Morgan fingerprint density at radius 3 is 2.63 bits per heavy atom. The fourth-order valence-corrected chi connectivity index (χ4v) is 3.65. The van der Waals surface area contributed by atoms with Crippen LogP contribution in [0.2, 0.25) is 0 Å². The van der Waals surface area contributed by atoms with Gasteiger partial charge in [0.15, 0.2) is 11.5 Å². The Hall–Kier alpha value is -2.57. The highest BCUT2D eigenvalue weighted by Gasteiger charge is 2.12. The molecule has 142 valence electrons. The van der Waals surface area contributed by atoms with E-state index >= 15 is 0 Å². The van der Waals surface area contributed by atoms with Crippen LogP contribution in [-0.4, -0.2) is 37.0 Å². The molecule has 1 aromatic heterocycles. The van der Waals surface area contributed by atoms with Gasteiger partial charge in [-0.1, -0.05) is 18.2 Å². The van der Waals surface area contributed by atoms with Gasteiger partial charge in [-0.15, -0.1) is 11.3 Å². The molecule has 0 aliphatic carbocycles. The number of methoxy groups -OCH3 is 1. The fraction of sp³-hybridized carbons (Fsp3) is 0.286. The number of hydrogen-bond acceptors (Lipinski definition) is 6. The number of rotatable bonds is 9. The number of hydrogen-bond donors (Lipinski definition) is 1. The van der Waals surface area contributed by atoms with Crippen molar-refractivity contribution in [3.63, 3.8) is 0 Å². The van der Waals surface area contributed by atoms with Crippen molar-refractivity contribution in [2.24, 2.45) is 0 Å². The van der Waals surface area contributed by atoms with E-state index in [9.17, 15) is 5.11 Å². The molecule has 1 heterocycles. The van der Waals surface area contributed by atoms with Gasteiger partial charge in [0.05, 0.1) is 32.6 Å². The van der Waals surface area contributed by atoms with Crippen LogP contribution in [0.15, 0.2) is 53.9 Å². The molecule has 0 saturated carbocycles. The monoisotopic (exact) mass is 384 g/mol. The van der Waals surface area contributed by atoms with Gasteiger partial charge in [-0.25, -0.2) is 4.98 Å². The molecule has 6 heteroatoms.